The van der Waals surface area contributed by atoms with Crippen molar-refractivity contribution in [3.05, 3.63) is 0 Å². The van der Waals surface area contributed by atoms with Gasteiger partial charge in [0.1, 0.15) is 12.6 Å². The van der Waals surface area contributed by atoms with E-state index in [9.17, 15) is 14.4 Å². The Kier molecular flexibility index (Phi) is 6.77. The second-order valence-electron chi connectivity index (χ2n) is 4.14. The Morgan fingerprint density at radius 1 is 1.39 bits per heavy atom. The Hall–Kier alpha value is -1.79. The lowest BCUT2D eigenvalue weighted by Crippen LogP contribution is -2.53. The smallest absolute Gasteiger partial charge is 0.325 e. The summed E-state index contributed by atoms with van der Waals surface area (Å²) in [5.74, 6) is -0.966. The zero-order valence-electron chi connectivity index (χ0n) is 11.2. The van der Waals surface area contributed by atoms with Gasteiger partial charge in [-0.2, -0.15) is 0 Å². The van der Waals surface area contributed by atoms with Crippen LogP contribution in [0.25, 0.3) is 0 Å². The van der Waals surface area contributed by atoms with Gasteiger partial charge < -0.3 is 20.7 Å². The predicted octanol–water partition coefficient (Wildman–Crippen LogP) is -0.299. The van der Waals surface area contributed by atoms with Gasteiger partial charge in [-0.15, -0.1) is 0 Å². The van der Waals surface area contributed by atoms with Crippen LogP contribution in [-0.2, 0) is 14.3 Å². The molecule has 0 aromatic rings. The first-order valence-electron chi connectivity index (χ1n) is 5.71. The number of nitrogens with zero attached hydrogens (tertiary/aromatic N) is 1. The SMILES string of the molecule is CCC(C)C(NC(N)=O)C(=O)N(C)CC(=O)OC. The zero-order valence-corrected chi connectivity index (χ0v) is 11.2. The third-order valence-corrected chi connectivity index (χ3v) is 2.75. The van der Waals surface area contributed by atoms with E-state index >= 15 is 0 Å². The van der Waals surface area contributed by atoms with E-state index < -0.39 is 18.0 Å². The van der Waals surface area contributed by atoms with Crippen molar-refractivity contribution in [3.63, 3.8) is 0 Å². The molecule has 0 fully saturated rings. The van der Waals surface area contributed by atoms with Gasteiger partial charge in [-0.25, -0.2) is 4.79 Å². The molecule has 7 heteroatoms. The first-order valence-corrected chi connectivity index (χ1v) is 5.71. The van der Waals surface area contributed by atoms with Crippen LogP contribution < -0.4 is 11.1 Å². The van der Waals surface area contributed by atoms with Crippen molar-refractivity contribution in [1.82, 2.24) is 10.2 Å². The number of nitrogens with one attached hydrogen (secondary N) is 1. The summed E-state index contributed by atoms with van der Waals surface area (Å²) in [5, 5.41) is 2.40. The molecular formula is C11H21N3O4. The van der Waals surface area contributed by atoms with E-state index in [0.29, 0.717) is 6.42 Å². The van der Waals surface area contributed by atoms with E-state index in [4.69, 9.17) is 5.73 Å². The average molecular weight is 259 g/mol. The van der Waals surface area contributed by atoms with Gasteiger partial charge in [-0.05, 0) is 5.92 Å². The number of hydrogen-bond donors (Lipinski definition) is 2. The van der Waals surface area contributed by atoms with Crippen LogP contribution >= 0.6 is 0 Å². The maximum Gasteiger partial charge on any atom is 0.325 e. The quantitative estimate of drug-likeness (QED) is 0.639. The van der Waals surface area contributed by atoms with Gasteiger partial charge in [0.15, 0.2) is 0 Å². The molecule has 7 nitrogen and oxygen atoms in total. The lowest BCUT2D eigenvalue weighted by atomic mass is 9.98. The highest BCUT2D eigenvalue weighted by Gasteiger charge is 2.28. The van der Waals surface area contributed by atoms with Crippen LogP contribution in [0.15, 0.2) is 0 Å². The summed E-state index contributed by atoms with van der Waals surface area (Å²) in [5.41, 5.74) is 5.04. The third kappa shape index (κ3) is 5.03. The second kappa shape index (κ2) is 7.52. The van der Waals surface area contributed by atoms with Crippen molar-refractivity contribution in [2.75, 3.05) is 20.7 Å². The summed E-state index contributed by atoms with van der Waals surface area (Å²) in [7, 11) is 2.71. The van der Waals surface area contributed by atoms with Crippen LogP contribution in [0.3, 0.4) is 0 Å². The van der Waals surface area contributed by atoms with Crippen molar-refractivity contribution in [3.8, 4) is 0 Å². The van der Waals surface area contributed by atoms with E-state index in [2.05, 4.69) is 10.1 Å². The number of likely N-dealkylation sites (N-methyl/N-ethyl adjacent to an activating group) is 1. The van der Waals surface area contributed by atoms with E-state index in [-0.39, 0.29) is 18.4 Å². The summed E-state index contributed by atoms with van der Waals surface area (Å²) in [6, 6.07) is -1.50. The molecule has 18 heavy (non-hydrogen) atoms. The number of nitrogens with two attached hydrogens (primary N) is 1. The molecule has 0 aromatic heterocycles. The summed E-state index contributed by atoms with van der Waals surface area (Å²) in [4.78, 5) is 35.3. The largest absolute Gasteiger partial charge is 0.468 e. The first-order chi connectivity index (χ1) is 8.33. The fourth-order valence-corrected chi connectivity index (χ4v) is 1.41. The third-order valence-electron chi connectivity index (χ3n) is 2.75. The molecule has 0 radical (unpaired) electrons. The number of amides is 3. The standard InChI is InChI=1S/C11H21N3O4/c1-5-7(2)9(13-11(12)17)10(16)14(3)6-8(15)18-4/h7,9H,5-6H2,1-4H3,(H3,12,13,17). The highest BCUT2D eigenvalue weighted by Crippen LogP contribution is 2.10. The number of ether oxygens (including phenoxy) is 1. The molecule has 0 saturated heterocycles. The molecule has 0 aromatic carbocycles. The fourth-order valence-electron chi connectivity index (χ4n) is 1.41. The predicted molar refractivity (Wildman–Crippen MR) is 65.6 cm³/mol. The molecule has 0 aliphatic rings. The monoisotopic (exact) mass is 259 g/mol. The number of hydrogen-bond acceptors (Lipinski definition) is 4. The molecule has 0 aliphatic heterocycles. The van der Waals surface area contributed by atoms with E-state index in [1.165, 1.54) is 19.1 Å². The van der Waals surface area contributed by atoms with Crippen LogP contribution in [0.1, 0.15) is 20.3 Å². The number of carbonyl (C=O) groups is 3. The maximum absolute atomic E-state index is 12.1. The molecule has 0 aliphatic carbocycles. The average Bonchev–Trinajstić information content (AvgIpc) is 2.33. The van der Waals surface area contributed by atoms with Gasteiger partial charge in [0.25, 0.3) is 0 Å². The second-order valence-corrected chi connectivity index (χ2v) is 4.14. The zero-order chi connectivity index (χ0) is 14.3. The van der Waals surface area contributed by atoms with Crippen LogP contribution in [0, 0.1) is 5.92 Å². The number of rotatable bonds is 6. The minimum absolute atomic E-state index is 0.0786. The van der Waals surface area contributed by atoms with Crippen molar-refractivity contribution >= 4 is 17.9 Å². The topological polar surface area (TPSA) is 102 Å². The maximum atomic E-state index is 12.1. The molecule has 104 valence electrons. The van der Waals surface area contributed by atoms with E-state index in [1.54, 1.807) is 0 Å². The highest BCUT2D eigenvalue weighted by molar-refractivity contribution is 5.89. The lowest BCUT2D eigenvalue weighted by Gasteiger charge is -2.27. The molecule has 0 spiro atoms. The van der Waals surface area contributed by atoms with Crippen molar-refractivity contribution in [2.24, 2.45) is 11.7 Å². The van der Waals surface area contributed by atoms with Gasteiger partial charge in [-0.3, -0.25) is 9.59 Å². The first kappa shape index (κ1) is 16.2. The van der Waals surface area contributed by atoms with Gasteiger partial charge in [-0.1, -0.05) is 20.3 Å². The van der Waals surface area contributed by atoms with Crippen LogP contribution in [0.5, 0.6) is 0 Å². The Bertz CT molecular complexity index is 319. The van der Waals surface area contributed by atoms with Crippen molar-refractivity contribution in [2.45, 2.75) is 26.3 Å². The molecule has 2 atom stereocenters. The summed E-state index contributed by atoms with van der Waals surface area (Å²) < 4.78 is 4.47. The van der Waals surface area contributed by atoms with Gasteiger partial charge in [0, 0.05) is 7.05 Å². The molecule has 0 bridgehead atoms. The van der Waals surface area contributed by atoms with Crippen molar-refractivity contribution in [1.29, 1.82) is 0 Å². The number of carbonyl (C=O) groups excluding carboxylic acids is 3. The summed E-state index contributed by atoms with van der Waals surface area (Å²) in [6.45, 7) is 3.56. The Labute approximate surface area is 107 Å². The highest BCUT2D eigenvalue weighted by atomic mass is 16.5. The van der Waals surface area contributed by atoms with Crippen LogP contribution in [0.4, 0.5) is 4.79 Å². The lowest BCUT2D eigenvalue weighted by molar-refractivity contribution is -0.147. The van der Waals surface area contributed by atoms with Gasteiger partial charge in [0.05, 0.1) is 7.11 Å². The molecular weight excluding hydrogens is 238 g/mol. The number of methoxy groups -OCH3 is 1. The number of esters is 1. The van der Waals surface area contributed by atoms with Crippen molar-refractivity contribution < 1.29 is 19.1 Å². The van der Waals surface area contributed by atoms with Gasteiger partial charge >= 0.3 is 12.0 Å². The summed E-state index contributed by atoms with van der Waals surface area (Å²) in [6.07, 6.45) is 0.697. The fraction of sp³-hybridized carbons (Fsp3) is 0.727. The molecule has 0 heterocycles. The minimum atomic E-state index is -0.764. The molecule has 2 unspecified atom stereocenters. The number of primary amides is 1. The summed E-state index contributed by atoms with van der Waals surface area (Å²) >= 11 is 0. The normalized spacial score (nSPS) is 13.3. The van der Waals surface area contributed by atoms with Crippen LogP contribution in [-0.4, -0.2) is 49.6 Å². The molecule has 3 amide bonds. The van der Waals surface area contributed by atoms with E-state index in [1.807, 2.05) is 13.8 Å². The Morgan fingerprint density at radius 2 is 1.94 bits per heavy atom. The molecule has 0 saturated carbocycles. The van der Waals surface area contributed by atoms with Crippen LogP contribution in [0.2, 0.25) is 0 Å². The Balaban J connectivity index is 4.73. The van der Waals surface area contributed by atoms with E-state index in [0.717, 1.165) is 0 Å². The number of urea groups is 1. The molecule has 3 N–H and O–H groups in total. The van der Waals surface area contributed by atoms with Gasteiger partial charge in [0.2, 0.25) is 5.91 Å². The molecule has 0 rings (SSSR count). The minimum Gasteiger partial charge on any atom is -0.468 e. The Morgan fingerprint density at radius 3 is 2.33 bits per heavy atom.